The third-order valence-corrected chi connectivity index (χ3v) is 3.10. The van der Waals surface area contributed by atoms with E-state index in [4.69, 9.17) is 0 Å². The molecule has 0 bridgehead atoms. The molecule has 1 N–H and O–H groups in total. The normalized spacial score (nSPS) is 13.7. The lowest BCUT2D eigenvalue weighted by Gasteiger charge is -2.17. The van der Waals surface area contributed by atoms with E-state index < -0.39 is 0 Å². The highest BCUT2D eigenvalue weighted by Crippen LogP contribution is 2.25. The quantitative estimate of drug-likeness (QED) is 0.669. The largest absolute Gasteiger partial charge is 0.349 e. The van der Waals surface area contributed by atoms with Crippen LogP contribution in [0.5, 0.6) is 0 Å². The van der Waals surface area contributed by atoms with Crippen molar-refractivity contribution in [2.24, 2.45) is 0 Å². The van der Waals surface area contributed by atoms with Gasteiger partial charge in [-0.3, -0.25) is 19.3 Å². The Morgan fingerprint density at radius 1 is 1.30 bits per heavy atom. The number of imide groups is 1. The molecule has 2 rings (SSSR count). The van der Waals surface area contributed by atoms with Crippen LogP contribution in [0.4, 0.5) is 0 Å². The standard InChI is InChI=1S/C15H16N2O3/c1-4-7-16-13(18)10-5-6-11-12(8-10)15(20)17(9(2)3)14(11)19/h4-6,8-9H,1,7H2,2-3H3,(H,16,18). The van der Waals surface area contributed by atoms with Gasteiger partial charge >= 0.3 is 0 Å². The summed E-state index contributed by atoms with van der Waals surface area (Å²) in [6.07, 6.45) is 1.57. The minimum absolute atomic E-state index is 0.208. The van der Waals surface area contributed by atoms with Gasteiger partial charge in [0.15, 0.2) is 0 Å². The molecule has 0 fully saturated rings. The molecule has 104 valence electrons. The molecule has 3 amide bonds. The van der Waals surface area contributed by atoms with Gasteiger partial charge in [0.05, 0.1) is 11.1 Å². The number of hydrogen-bond donors (Lipinski definition) is 1. The van der Waals surface area contributed by atoms with Gasteiger partial charge in [0.1, 0.15) is 0 Å². The van der Waals surface area contributed by atoms with E-state index in [1.54, 1.807) is 26.0 Å². The van der Waals surface area contributed by atoms with Crippen molar-refractivity contribution in [2.45, 2.75) is 19.9 Å². The predicted octanol–water partition coefficient (Wildman–Crippen LogP) is 1.61. The van der Waals surface area contributed by atoms with Crippen molar-refractivity contribution in [1.82, 2.24) is 10.2 Å². The summed E-state index contributed by atoms with van der Waals surface area (Å²) < 4.78 is 0. The molecule has 1 aliphatic heterocycles. The van der Waals surface area contributed by atoms with Crippen LogP contribution in [0.2, 0.25) is 0 Å². The molecule has 1 aromatic carbocycles. The van der Waals surface area contributed by atoms with Crippen molar-refractivity contribution in [3.63, 3.8) is 0 Å². The predicted molar refractivity (Wildman–Crippen MR) is 74.6 cm³/mol. The number of fused-ring (bicyclic) bond motifs is 1. The molecule has 0 spiro atoms. The van der Waals surface area contributed by atoms with Gasteiger partial charge in [-0.15, -0.1) is 6.58 Å². The van der Waals surface area contributed by atoms with Crippen LogP contribution in [0.3, 0.4) is 0 Å². The maximum atomic E-state index is 12.2. The first kappa shape index (κ1) is 14.0. The fourth-order valence-electron chi connectivity index (χ4n) is 2.14. The molecule has 5 nitrogen and oxygen atoms in total. The van der Waals surface area contributed by atoms with E-state index in [1.165, 1.54) is 17.0 Å². The van der Waals surface area contributed by atoms with Crippen molar-refractivity contribution >= 4 is 17.7 Å². The fourth-order valence-corrected chi connectivity index (χ4v) is 2.14. The molecule has 0 aliphatic carbocycles. The lowest BCUT2D eigenvalue weighted by molar-refractivity contribution is 0.0609. The zero-order valence-corrected chi connectivity index (χ0v) is 11.5. The van der Waals surface area contributed by atoms with Crippen molar-refractivity contribution in [3.05, 3.63) is 47.5 Å². The van der Waals surface area contributed by atoms with Crippen molar-refractivity contribution in [2.75, 3.05) is 6.54 Å². The molecule has 0 radical (unpaired) electrons. The summed E-state index contributed by atoms with van der Waals surface area (Å²) in [4.78, 5) is 37.3. The Morgan fingerprint density at radius 3 is 2.55 bits per heavy atom. The number of hydrogen-bond acceptors (Lipinski definition) is 3. The molecular formula is C15H16N2O3. The van der Waals surface area contributed by atoms with E-state index in [2.05, 4.69) is 11.9 Å². The number of rotatable bonds is 4. The average Bonchev–Trinajstić information content (AvgIpc) is 2.67. The van der Waals surface area contributed by atoms with E-state index in [0.717, 1.165) is 0 Å². The second-order valence-electron chi connectivity index (χ2n) is 4.83. The van der Waals surface area contributed by atoms with Crippen LogP contribution < -0.4 is 5.32 Å². The molecule has 0 unspecified atom stereocenters. The maximum absolute atomic E-state index is 12.2. The summed E-state index contributed by atoms with van der Waals surface area (Å²) in [5.74, 6) is -0.952. The lowest BCUT2D eigenvalue weighted by atomic mass is 10.1. The summed E-state index contributed by atoms with van der Waals surface area (Å²) in [6.45, 7) is 7.42. The van der Waals surface area contributed by atoms with Crippen LogP contribution in [0.15, 0.2) is 30.9 Å². The van der Waals surface area contributed by atoms with E-state index in [1.807, 2.05) is 0 Å². The lowest BCUT2D eigenvalue weighted by Crippen LogP contribution is -2.35. The van der Waals surface area contributed by atoms with E-state index in [9.17, 15) is 14.4 Å². The third-order valence-electron chi connectivity index (χ3n) is 3.10. The molecule has 5 heteroatoms. The van der Waals surface area contributed by atoms with Gasteiger partial charge in [0, 0.05) is 18.2 Å². The number of nitrogens with one attached hydrogen (secondary N) is 1. The summed E-state index contributed by atoms with van der Waals surface area (Å²) in [5.41, 5.74) is 0.997. The van der Waals surface area contributed by atoms with Crippen molar-refractivity contribution in [1.29, 1.82) is 0 Å². The number of carbonyl (C=O) groups excluding carboxylic acids is 3. The fraction of sp³-hybridized carbons (Fsp3) is 0.267. The summed E-state index contributed by atoms with van der Waals surface area (Å²) in [5, 5.41) is 2.63. The van der Waals surface area contributed by atoms with Gasteiger partial charge in [-0.25, -0.2) is 0 Å². The highest BCUT2D eigenvalue weighted by Gasteiger charge is 2.37. The number of carbonyl (C=O) groups is 3. The minimum atomic E-state index is -0.349. The van der Waals surface area contributed by atoms with Crippen molar-refractivity contribution < 1.29 is 14.4 Å². The summed E-state index contributed by atoms with van der Waals surface area (Å²) in [6, 6.07) is 4.34. The smallest absolute Gasteiger partial charge is 0.261 e. The Labute approximate surface area is 117 Å². The Bertz CT molecular complexity index is 605. The summed E-state index contributed by atoms with van der Waals surface area (Å²) >= 11 is 0. The Morgan fingerprint density at radius 2 is 1.95 bits per heavy atom. The maximum Gasteiger partial charge on any atom is 0.261 e. The molecule has 1 aromatic rings. The van der Waals surface area contributed by atoms with Crippen LogP contribution in [-0.2, 0) is 0 Å². The van der Waals surface area contributed by atoms with Crippen molar-refractivity contribution in [3.8, 4) is 0 Å². The minimum Gasteiger partial charge on any atom is -0.349 e. The van der Waals surface area contributed by atoms with Gasteiger partial charge in [0.2, 0.25) is 0 Å². The second-order valence-corrected chi connectivity index (χ2v) is 4.83. The van der Waals surface area contributed by atoms with Crippen LogP contribution in [-0.4, -0.2) is 35.2 Å². The molecule has 1 heterocycles. The van der Waals surface area contributed by atoms with Crippen LogP contribution >= 0.6 is 0 Å². The number of benzene rings is 1. The molecule has 20 heavy (non-hydrogen) atoms. The van der Waals surface area contributed by atoms with Gasteiger partial charge in [-0.1, -0.05) is 6.08 Å². The second kappa shape index (κ2) is 5.28. The molecule has 1 aliphatic rings. The number of nitrogens with zero attached hydrogens (tertiary/aromatic N) is 1. The Hall–Kier alpha value is -2.43. The summed E-state index contributed by atoms with van der Waals surface area (Å²) in [7, 11) is 0. The topological polar surface area (TPSA) is 66.5 Å². The van der Waals surface area contributed by atoms with Crippen LogP contribution in [0.1, 0.15) is 44.9 Å². The van der Waals surface area contributed by atoms with E-state index in [-0.39, 0.29) is 29.3 Å². The number of amides is 3. The van der Waals surface area contributed by atoms with Gasteiger partial charge in [-0.2, -0.15) is 0 Å². The van der Waals surface area contributed by atoms with Crippen LogP contribution in [0.25, 0.3) is 0 Å². The highest BCUT2D eigenvalue weighted by molar-refractivity contribution is 6.22. The molecule has 0 atom stereocenters. The van der Waals surface area contributed by atoms with Gasteiger partial charge in [-0.05, 0) is 32.0 Å². The SMILES string of the molecule is C=CCNC(=O)c1ccc2c(c1)C(=O)N(C(C)C)C2=O. The monoisotopic (exact) mass is 272 g/mol. The Kier molecular flexibility index (Phi) is 3.70. The highest BCUT2D eigenvalue weighted by atomic mass is 16.2. The third kappa shape index (κ3) is 2.22. The first-order valence-electron chi connectivity index (χ1n) is 6.38. The molecule has 0 saturated carbocycles. The first-order chi connectivity index (χ1) is 9.47. The van der Waals surface area contributed by atoms with Crippen LogP contribution in [0, 0.1) is 0 Å². The average molecular weight is 272 g/mol. The van der Waals surface area contributed by atoms with E-state index in [0.29, 0.717) is 17.7 Å². The zero-order chi connectivity index (χ0) is 14.9. The van der Waals surface area contributed by atoms with Gasteiger partial charge < -0.3 is 5.32 Å². The molecule has 0 aromatic heterocycles. The van der Waals surface area contributed by atoms with E-state index >= 15 is 0 Å². The molecular weight excluding hydrogens is 256 g/mol. The Balaban J connectivity index is 2.35. The zero-order valence-electron chi connectivity index (χ0n) is 11.5. The first-order valence-corrected chi connectivity index (χ1v) is 6.38. The molecule has 0 saturated heterocycles. The van der Waals surface area contributed by atoms with Gasteiger partial charge in [0.25, 0.3) is 17.7 Å².